The number of carbonyl (C=O) groups excluding carboxylic acids is 2. The number of hydrogen-bond acceptors (Lipinski definition) is 6. The summed E-state index contributed by atoms with van der Waals surface area (Å²) in [6, 6.07) is 0. The molecule has 5 rings (SSSR count). The lowest BCUT2D eigenvalue weighted by atomic mass is 9.76. The van der Waals surface area contributed by atoms with Crippen molar-refractivity contribution in [3.8, 4) is 0 Å². The maximum atomic E-state index is 12.4. The Labute approximate surface area is 151 Å². The quantitative estimate of drug-likeness (QED) is 0.324. The van der Waals surface area contributed by atoms with Gasteiger partial charge in [0.15, 0.2) is 0 Å². The molecule has 2 aliphatic carbocycles. The Morgan fingerprint density at radius 2 is 2.08 bits per heavy atom. The normalized spacial score (nSPS) is 50.6. The Bertz CT molecular complexity index is 824. The minimum atomic E-state index is -0.619. The van der Waals surface area contributed by atoms with Crippen LogP contribution in [0.25, 0.3) is 0 Å². The molecule has 0 radical (unpaired) electrons. The Morgan fingerprint density at radius 3 is 2.77 bits per heavy atom. The molecular formula is C20H22O6. The number of hydrogen-bond donors (Lipinski definition) is 0. The number of esters is 2. The van der Waals surface area contributed by atoms with Gasteiger partial charge in [0.2, 0.25) is 0 Å². The summed E-state index contributed by atoms with van der Waals surface area (Å²) in [6.45, 7) is 11.5. The molecule has 0 aromatic rings. The third kappa shape index (κ3) is 1.70. The third-order valence-electron chi connectivity index (χ3n) is 6.90. The first-order valence-electron chi connectivity index (χ1n) is 9.04. The van der Waals surface area contributed by atoms with Crippen molar-refractivity contribution in [1.29, 1.82) is 0 Å². The molecule has 0 bridgehead atoms. The van der Waals surface area contributed by atoms with Gasteiger partial charge in [-0.15, -0.1) is 0 Å². The average molecular weight is 358 g/mol. The predicted molar refractivity (Wildman–Crippen MR) is 90.0 cm³/mol. The van der Waals surface area contributed by atoms with Gasteiger partial charge in [-0.2, -0.15) is 0 Å². The van der Waals surface area contributed by atoms with Crippen LogP contribution in [0.4, 0.5) is 0 Å². The molecule has 3 heterocycles. The van der Waals surface area contributed by atoms with Gasteiger partial charge in [0.05, 0.1) is 11.8 Å². The molecule has 6 nitrogen and oxygen atoms in total. The molecule has 1 saturated carbocycles. The first-order valence-corrected chi connectivity index (χ1v) is 9.04. The SMILES string of the molecule is C=C1C(=O)O[C@H]2[C@@H]1[C@@H](OC(=O)/C(C)=C/C)C=C(C)[C@]13O[C@H]1[C@H]1O[C@@]1(C)[C@H]23. The monoisotopic (exact) mass is 358 g/mol. The fourth-order valence-corrected chi connectivity index (χ4v) is 5.31. The molecule has 6 heteroatoms. The molecule has 0 aromatic carbocycles. The molecule has 0 amide bonds. The van der Waals surface area contributed by atoms with Crippen LogP contribution in [-0.4, -0.2) is 47.6 Å². The van der Waals surface area contributed by atoms with E-state index in [0.29, 0.717) is 11.1 Å². The van der Waals surface area contributed by atoms with E-state index in [1.165, 1.54) is 0 Å². The fraction of sp³-hybridized carbons (Fsp3) is 0.600. The summed E-state index contributed by atoms with van der Waals surface area (Å²) in [4.78, 5) is 24.7. The summed E-state index contributed by atoms with van der Waals surface area (Å²) < 4.78 is 23.5. The van der Waals surface area contributed by atoms with Crippen LogP contribution in [0, 0.1) is 11.8 Å². The lowest BCUT2D eigenvalue weighted by Crippen LogP contribution is -2.45. The second-order valence-electron chi connectivity index (χ2n) is 8.14. The Balaban J connectivity index is 1.59. The van der Waals surface area contributed by atoms with E-state index in [1.54, 1.807) is 19.9 Å². The van der Waals surface area contributed by atoms with Crippen LogP contribution < -0.4 is 0 Å². The van der Waals surface area contributed by atoms with Gasteiger partial charge in [0, 0.05) is 11.1 Å². The fourth-order valence-electron chi connectivity index (χ4n) is 5.31. The van der Waals surface area contributed by atoms with Crippen molar-refractivity contribution >= 4 is 11.9 Å². The van der Waals surface area contributed by atoms with Crippen LogP contribution in [-0.2, 0) is 28.5 Å². The second kappa shape index (κ2) is 4.67. The highest BCUT2D eigenvalue weighted by Gasteiger charge is 2.89. The van der Waals surface area contributed by atoms with Crippen molar-refractivity contribution < 1.29 is 28.5 Å². The van der Waals surface area contributed by atoms with Gasteiger partial charge in [-0.1, -0.05) is 12.7 Å². The van der Waals surface area contributed by atoms with E-state index in [4.69, 9.17) is 18.9 Å². The Kier molecular flexibility index (Phi) is 2.92. The lowest BCUT2D eigenvalue weighted by molar-refractivity contribution is -0.147. The highest BCUT2D eigenvalue weighted by Crippen LogP contribution is 2.73. The minimum Gasteiger partial charge on any atom is -0.458 e. The summed E-state index contributed by atoms with van der Waals surface area (Å²) in [5.74, 6) is -1.39. The van der Waals surface area contributed by atoms with Crippen LogP contribution in [0.2, 0.25) is 0 Å². The largest absolute Gasteiger partial charge is 0.458 e. The molecule has 26 heavy (non-hydrogen) atoms. The topological polar surface area (TPSA) is 77.7 Å². The van der Waals surface area contributed by atoms with Gasteiger partial charge in [-0.25, -0.2) is 9.59 Å². The van der Waals surface area contributed by atoms with Gasteiger partial charge < -0.3 is 18.9 Å². The second-order valence-corrected chi connectivity index (χ2v) is 8.14. The van der Waals surface area contributed by atoms with Crippen LogP contribution >= 0.6 is 0 Å². The first kappa shape index (κ1) is 16.3. The van der Waals surface area contributed by atoms with Crippen molar-refractivity contribution in [3.63, 3.8) is 0 Å². The van der Waals surface area contributed by atoms with E-state index in [0.717, 1.165) is 5.57 Å². The van der Waals surface area contributed by atoms with E-state index in [9.17, 15) is 9.59 Å². The predicted octanol–water partition coefficient (Wildman–Crippen LogP) is 1.85. The van der Waals surface area contributed by atoms with Gasteiger partial charge in [0.1, 0.15) is 35.6 Å². The van der Waals surface area contributed by atoms with Crippen LogP contribution in [0.3, 0.4) is 0 Å². The molecule has 1 spiro atoms. The number of carbonyl (C=O) groups is 2. The molecule has 3 aliphatic heterocycles. The zero-order chi connectivity index (χ0) is 18.6. The Hall–Kier alpha value is -1.92. The zero-order valence-electron chi connectivity index (χ0n) is 15.3. The highest BCUT2D eigenvalue weighted by molar-refractivity contribution is 5.92. The standard InChI is InChI=1S/C20H22O6/c1-6-8(2)17(21)23-11-7-9(3)20-14(13-12(11)10(4)18(22)24-13)19(5)15(25-19)16(20)26-20/h6-7,11-16H,4H2,1-3,5H3/b8-6+/t11-,12-,13-,14-,15+,16-,19-,20+/m0/s1. The average Bonchev–Trinajstić information content (AvgIpc) is 3.45. The zero-order valence-corrected chi connectivity index (χ0v) is 15.3. The summed E-state index contributed by atoms with van der Waals surface area (Å²) in [5, 5.41) is 0. The highest BCUT2D eigenvalue weighted by atomic mass is 16.7. The maximum absolute atomic E-state index is 12.4. The maximum Gasteiger partial charge on any atom is 0.334 e. The van der Waals surface area contributed by atoms with E-state index in [1.807, 2.05) is 13.0 Å². The van der Waals surface area contributed by atoms with Crippen molar-refractivity contribution in [1.82, 2.24) is 0 Å². The van der Waals surface area contributed by atoms with Gasteiger partial charge in [0.25, 0.3) is 0 Å². The number of epoxide rings is 2. The van der Waals surface area contributed by atoms with E-state index < -0.39 is 35.7 Å². The van der Waals surface area contributed by atoms with Crippen LogP contribution in [0.15, 0.2) is 35.5 Å². The number of fused-ring (bicyclic) bond motifs is 5. The Morgan fingerprint density at radius 1 is 1.35 bits per heavy atom. The van der Waals surface area contributed by atoms with Crippen molar-refractivity contribution in [2.24, 2.45) is 11.8 Å². The molecule has 8 atom stereocenters. The summed E-state index contributed by atoms with van der Waals surface area (Å²) in [6.07, 6.45) is 2.54. The number of ether oxygens (including phenoxy) is 4. The van der Waals surface area contributed by atoms with E-state index >= 15 is 0 Å². The molecule has 4 fully saturated rings. The molecular weight excluding hydrogens is 336 g/mol. The molecule has 3 saturated heterocycles. The smallest absolute Gasteiger partial charge is 0.334 e. The van der Waals surface area contributed by atoms with Gasteiger partial charge in [-0.05, 0) is 39.3 Å². The summed E-state index contributed by atoms with van der Waals surface area (Å²) >= 11 is 0. The molecule has 138 valence electrons. The summed E-state index contributed by atoms with van der Waals surface area (Å²) in [7, 11) is 0. The molecule has 0 aromatic heterocycles. The van der Waals surface area contributed by atoms with Gasteiger partial charge in [-0.3, -0.25) is 0 Å². The van der Waals surface area contributed by atoms with Crippen molar-refractivity contribution in [3.05, 3.63) is 35.5 Å². The lowest BCUT2D eigenvalue weighted by Gasteiger charge is -2.32. The van der Waals surface area contributed by atoms with Crippen molar-refractivity contribution in [2.45, 2.75) is 63.3 Å². The minimum absolute atomic E-state index is 0.0197. The van der Waals surface area contributed by atoms with Crippen LogP contribution in [0.1, 0.15) is 27.7 Å². The van der Waals surface area contributed by atoms with Crippen molar-refractivity contribution in [2.75, 3.05) is 0 Å². The van der Waals surface area contributed by atoms with Gasteiger partial charge >= 0.3 is 11.9 Å². The number of rotatable bonds is 2. The molecule has 0 unspecified atom stereocenters. The third-order valence-corrected chi connectivity index (χ3v) is 6.90. The van der Waals surface area contributed by atoms with E-state index in [2.05, 4.69) is 13.5 Å². The summed E-state index contributed by atoms with van der Waals surface area (Å²) in [5.41, 5.74) is 1.02. The number of allylic oxidation sites excluding steroid dienone is 1. The molecule has 0 N–H and O–H groups in total. The van der Waals surface area contributed by atoms with Crippen LogP contribution in [0.5, 0.6) is 0 Å². The molecule has 5 aliphatic rings. The van der Waals surface area contributed by atoms with E-state index in [-0.39, 0.29) is 23.7 Å². The first-order chi connectivity index (χ1) is 12.3.